The van der Waals surface area contributed by atoms with Crippen LogP contribution in [0.4, 0.5) is 20.6 Å². The van der Waals surface area contributed by atoms with E-state index in [1.165, 1.54) is 11.0 Å². The second-order valence-electron chi connectivity index (χ2n) is 6.45. The number of anilines is 2. The average molecular weight is 391 g/mol. The lowest BCUT2D eigenvalue weighted by Gasteiger charge is -2.31. The highest BCUT2D eigenvalue weighted by Crippen LogP contribution is 2.28. The molecule has 1 atom stereocenters. The molecule has 0 aliphatic carbocycles. The molecule has 2 heterocycles. The van der Waals surface area contributed by atoms with Gasteiger partial charge in [-0.25, -0.2) is 9.18 Å². The van der Waals surface area contributed by atoms with E-state index in [9.17, 15) is 9.18 Å². The van der Waals surface area contributed by atoms with Gasteiger partial charge in [-0.3, -0.25) is 4.90 Å². The first-order chi connectivity index (χ1) is 13.0. The fraction of sp³-hybridized carbons (Fsp3) is 0.500. The SMILES string of the molecule is [C-]#[N+]N1CCN(c2ccc(N3C[C@H](CNC(=S)CC)OC3=O)cc2F)CC1. The Morgan fingerprint density at radius 2 is 2.15 bits per heavy atom. The monoisotopic (exact) mass is 391 g/mol. The van der Waals surface area contributed by atoms with E-state index in [4.69, 9.17) is 23.5 Å². The number of halogens is 1. The van der Waals surface area contributed by atoms with E-state index < -0.39 is 6.09 Å². The molecule has 27 heavy (non-hydrogen) atoms. The summed E-state index contributed by atoms with van der Waals surface area (Å²) < 4.78 is 20.0. The summed E-state index contributed by atoms with van der Waals surface area (Å²) in [4.78, 5) is 19.6. The van der Waals surface area contributed by atoms with E-state index in [1.54, 1.807) is 17.1 Å². The predicted molar refractivity (Wildman–Crippen MR) is 105 cm³/mol. The van der Waals surface area contributed by atoms with Gasteiger partial charge in [-0.1, -0.05) is 19.1 Å². The Balaban J connectivity index is 1.64. The maximum Gasteiger partial charge on any atom is 0.414 e. The van der Waals surface area contributed by atoms with Crippen LogP contribution in [0.1, 0.15) is 13.3 Å². The molecule has 1 amide bonds. The minimum absolute atomic E-state index is 0.327. The molecule has 0 saturated carbocycles. The molecular weight excluding hydrogens is 369 g/mol. The Hall–Kier alpha value is -2.60. The molecule has 2 fully saturated rings. The summed E-state index contributed by atoms with van der Waals surface area (Å²) in [5.74, 6) is -0.384. The van der Waals surface area contributed by atoms with Crippen molar-refractivity contribution in [1.82, 2.24) is 10.3 Å². The highest BCUT2D eigenvalue weighted by Gasteiger charge is 2.33. The van der Waals surface area contributed by atoms with Crippen LogP contribution in [0, 0.1) is 12.4 Å². The van der Waals surface area contributed by atoms with Crippen LogP contribution in [0.25, 0.3) is 4.95 Å². The number of hydrogen-bond acceptors (Lipinski definition) is 5. The lowest BCUT2D eigenvalue weighted by atomic mass is 10.2. The first kappa shape index (κ1) is 19.2. The summed E-state index contributed by atoms with van der Waals surface area (Å²) in [6.07, 6.45) is -0.0789. The van der Waals surface area contributed by atoms with Gasteiger partial charge >= 0.3 is 6.09 Å². The average Bonchev–Trinajstić information content (AvgIpc) is 3.06. The number of carbonyl (C=O) groups is 1. The number of nitrogens with zero attached hydrogens (tertiary/aromatic N) is 4. The van der Waals surface area contributed by atoms with E-state index in [2.05, 4.69) is 10.3 Å². The van der Waals surface area contributed by atoms with Gasteiger partial charge in [0.15, 0.2) is 0 Å². The van der Waals surface area contributed by atoms with Gasteiger partial charge in [-0.05, 0) is 24.6 Å². The van der Waals surface area contributed by atoms with E-state index >= 15 is 0 Å². The zero-order valence-corrected chi connectivity index (χ0v) is 16.0. The molecule has 2 aliphatic heterocycles. The van der Waals surface area contributed by atoms with Gasteiger partial charge in [0.2, 0.25) is 0 Å². The van der Waals surface area contributed by atoms with E-state index in [1.807, 2.05) is 11.8 Å². The third-order valence-corrected chi connectivity index (χ3v) is 5.14. The van der Waals surface area contributed by atoms with E-state index in [0.717, 1.165) is 11.4 Å². The van der Waals surface area contributed by atoms with Crippen LogP contribution in [0.15, 0.2) is 18.2 Å². The van der Waals surface area contributed by atoms with Crippen molar-refractivity contribution in [3.63, 3.8) is 0 Å². The quantitative estimate of drug-likeness (QED) is 0.615. The van der Waals surface area contributed by atoms with Gasteiger partial charge in [0.25, 0.3) is 0 Å². The lowest BCUT2D eigenvalue weighted by molar-refractivity contribution is 0.143. The topological polar surface area (TPSA) is 52.4 Å². The molecular formula is C18H22FN5O2S. The van der Waals surface area contributed by atoms with Crippen LogP contribution >= 0.6 is 12.2 Å². The number of carbonyl (C=O) groups excluding carboxylic acids is 1. The van der Waals surface area contributed by atoms with Gasteiger partial charge in [0.05, 0.1) is 29.5 Å². The van der Waals surface area contributed by atoms with Crippen LogP contribution in [0.5, 0.6) is 0 Å². The Morgan fingerprint density at radius 3 is 2.78 bits per heavy atom. The zero-order valence-electron chi connectivity index (χ0n) is 15.2. The zero-order chi connectivity index (χ0) is 19.4. The maximum atomic E-state index is 14.7. The second-order valence-corrected chi connectivity index (χ2v) is 6.94. The normalized spacial score (nSPS) is 19.7. The number of rotatable bonds is 5. The molecule has 0 radical (unpaired) electrons. The number of nitrogens with one attached hydrogen (secondary N) is 1. The molecule has 9 heteroatoms. The van der Waals surface area contributed by atoms with Crippen molar-refractivity contribution >= 4 is 34.7 Å². The van der Waals surface area contributed by atoms with Crippen molar-refractivity contribution in [3.05, 3.63) is 35.5 Å². The number of piperazine rings is 1. The predicted octanol–water partition coefficient (Wildman–Crippen LogP) is 2.43. The number of hydrogen-bond donors (Lipinski definition) is 1. The summed E-state index contributed by atoms with van der Waals surface area (Å²) in [5.41, 5.74) is 0.962. The van der Waals surface area contributed by atoms with Crippen LogP contribution in [0.2, 0.25) is 0 Å². The number of ether oxygens (including phenoxy) is 1. The Morgan fingerprint density at radius 1 is 1.41 bits per heavy atom. The van der Waals surface area contributed by atoms with Crippen LogP contribution in [-0.2, 0) is 4.74 Å². The highest BCUT2D eigenvalue weighted by molar-refractivity contribution is 7.80. The summed E-state index contributed by atoms with van der Waals surface area (Å²) in [6.45, 7) is 12.1. The third-order valence-electron chi connectivity index (χ3n) is 4.70. The second kappa shape index (κ2) is 8.39. The number of cyclic esters (lactones) is 1. The van der Waals surface area contributed by atoms with Crippen molar-refractivity contribution in [2.24, 2.45) is 0 Å². The largest absolute Gasteiger partial charge is 0.442 e. The van der Waals surface area contributed by atoms with Gasteiger partial charge < -0.3 is 15.0 Å². The number of benzene rings is 1. The first-order valence-corrected chi connectivity index (χ1v) is 9.34. The summed E-state index contributed by atoms with van der Waals surface area (Å²) in [5, 5.41) is 4.70. The molecule has 7 nitrogen and oxygen atoms in total. The molecule has 3 rings (SSSR count). The lowest BCUT2D eigenvalue weighted by Crippen LogP contribution is -2.43. The fourth-order valence-corrected chi connectivity index (χ4v) is 3.23. The van der Waals surface area contributed by atoms with Gasteiger partial charge in [0.1, 0.15) is 25.0 Å². The van der Waals surface area contributed by atoms with Gasteiger partial charge in [0, 0.05) is 13.1 Å². The van der Waals surface area contributed by atoms with E-state index in [-0.39, 0.29) is 11.9 Å². The maximum absolute atomic E-state index is 14.7. The smallest absolute Gasteiger partial charge is 0.414 e. The Kier molecular flexibility index (Phi) is 5.96. The van der Waals surface area contributed by atoms with Crippen LogP contribution in [0.3, 0.4) is 0 Å². The molecule has 2 aliphatic rings. The van der Waals surface area contributed by atoms with Crippen LogP contribution in [-0.4, -0.2) is 61.5 Å². The Bertz CT molecular complexity index is 761. The highest BCUT2D eigenvalue weighted by atomic mass is 32.1. The number of thiocarbonyl (C=S) groups is 1. The van der Waals surface area contributed by atoms with Crippen molar-refractivity contribution in [1.29, 1.82) is 0 Å². The fourth-order valence-electron chi connectivity index (χ4n) is 3.15. The van der Waals surface area contributed by atoms with Gasteiger partial charge in [-0.15, -0.1) is 5.01 Å². The third kappa shape index (κ3) is 4.39. The summed E-state index contributed by atoms with van der Waals surface area (Å²) >= 11 is 5.11. The minimum Gasteiger partial charge on any atom is -0.442 e. The Labute approximate surface area is 163 Å². The minimum atomic E-state index is -0.484. The summed E-state index contributed by atoms with van der Waals surface area (Å²) in [6, 6.07) is 4.78. The molecule has 0 spiro atoms. The molecule has 144 valence electrons. The van der Waals surface area contributed by atoms with Crippen molar-refractivity contribution in [2.75, 3.05) is 49.1 Å². The standard InChI is InChI=1S/C18H22FN5O2S/c1-3-17(27)21-11-14-12-24(18(25)26-14)13-4-5-16(15(19)10-13)22-6-8-23(20-2)9-7-22/h4-5,10,14H,3,6-9,11-12H2,1H3,(H,21,27)/t14-/m0/s1. The number of amides is 1. The first-order valence-electron chi connectivity index (χ1n) is 8.93. The molecule has 0 aromatic heterocycles. The van der Waals surface area contributed by atoms with Crippen molar-refractivity contribution < 1.29 is 13.9 Å². The molecule has 0 unspecified atom stereocenters. The van der Waals surface area contributed by atoms with Crippen LogP contribution < -0.4 is 15.1 Å². The van der Waals surface area contributed by atoms with E-state index in [0.29, 0.717) is 50.6 Å². The molecule has 2 saturated heterocycles. The molecule has 1 N–H and O–H groups in total. The summed E-state index contributed by atoms with van der Waals surface area (Å²) in [7, 11) is 0. The molecule has 1 aromatic carbocycles. The van der Waals surface area contributed by atoms with Crippen molar-refractivity contribution in [3.8, 4) is 0 Å². The van der Waals surface area contributed by atoms with Gasteiger partial charge in [-0.2, -0.15) is 11.5 Å². The molecule has 1 aromatic rings. The molecule has 0 bridgehead atoms. The van der Waals surface area contributed by atoms with Crippen molar-refractivity contribution in [2.45, 2.75) is 19.4 Å².